The largest absolute Gasteiger partial charge is 0.396 e. The summed E-state index contributed by atoms with van der Waals surface area (Å²) in [5.41, 5.74) is 5.63. The van der Waals surface area contributed by atoms with Crippen LogP contribution < -0.4 is 5.73 Å². The van der Waals surface area contributed by atoms with E-state index in [9.17, 15) is 4.79 Å². The highest BCUT2D eigenvalue weighted by Gasteiger charge is 2.23. The number of carbonyl (C=O) groups is 1. The zero-order valence-electron chi connectivity index (χ0n) is 10.8. The van der Waals surface area contributed by atoms with Crippen LogP contribution in [0.2, 0.25) is 0 Å². The second kappa shape index (κ2) is 8.53. The Hall–Kier alpha value is -0.610. The van der Waals surface area contributed by atoms with Gasteiger partial charge in [0, 0.05) is 25.7 Å². The first-order chi connectivity index (χ1) is 7.58. The lowest BCUT2D eigenvalue weighted by Gasteiger charge is -2.30. The number of carbonyl (C=O) groups excluding carboxylic acids is 1. The van der Waals surface area contributed by atoms with Gasteiger partial charge in [-0.2, -0.15) is 0 Å². The Labute approximate surface area is 98.8 Å². The Morgan fingerprint density at radius 1 is 1.44 bits per heavy atom. The number of nitrogens with two attached hydrogens (primary N) is 1. The molecule has 4 nitrogen and oxygen atoms in total. The van der Waals surface area contributed by atoms with Crippen LogP contribution in [0.5, 0.6) is 0 Å². The van der Waals surface area contributed by atoms with Gasteiger partial charge in [-0.15, -0.1) is 0 Å². The molecule has 1 atom stereocenters. The molecule has 0 bridgehead atoms. The van der Waals surface area contributed by atoms with Crippen molar-refractivity contribution < 1.29 is 9.90 Å². The lowest BCUT2D eigenvalue weighted by atomic mass is 10.0. The number of hydrogen-bond acceptors (Lipinski definition) is 3. The second-order valence-corrected chi connectivity index (χ2v) is 4.42. The van der Waals surface area contributed by atoms with Crippen LogP contribution in [-0.4, -0.2) is 41.7 Å². The molecule has 0 saturated heterocycles. The number of aliphatic hydroxyl groups is 1. The van der Waals surface area contributed by atoms with Crippen molar-refractivity contribution in [2.45, 2.75) is 46.1 Å². The highest BCUT2D eigenvalue weighted by atomic mass is 16.3. The van der Waals surface area contributed by atoms with Gasteiger partial charge in [-0.3, -0.25) is 4.79 Å². The number of rotatable bonds is 8. The summed E-state index contributed by atoms with van der Waals surface area (Å²) in [5, 5.41) is 8.82. The summed E-state index contributed by atoms with van der Waals surface area (Å²) >= 11 is 0. The van der Waals surface area contributed by atoms with E-state index in [1.54, 1.807) is 0 Å². The van der Waals surface area contributed by atoms with Gasteiger partial charge in [0.15, 0.2) is 0 Å². The number of aliphatic hydroxyl groups excluding tert-OH is 1. The number of nitrogens with zero attached hydrogens (tertiary/aromatic N) is 1. The van der Waals surface area contributed by atoms with Gasteiger partial charge >= 0.3 is 0 Å². The van der Waals surface area contributed by atoms with Crippen LogP contribution in [0.4, 0.5) is 0 Å². The average Bonchev–Trinajstić information content (AvgIpc) is 2.25. The first kappa shape index (κ1) is 15.4. The van der Waals surface area contributed by atoms with Crippen molar-refractivity contribution in [3.05, 3.63) is 0 Å². The average molecular weight is 230 g/mol. The SMILES string of the molecule is CCCC(CN)C(=O)N(CCCO)C(C)C. The highest BCUT2D eigenvalue weighted by molar-refractivity contribution is 5.79. The van der Waals surface area contributed by atoms with E-state index in [0.29, 0.717) is 19.5 Å². The minimum Gasteiger partial charge on any atom is -0.396 e. The lowest BCUT2D eigenvalue weighted by molar-refractivity contribution is -0.137. The van der Waals surface area contributed by atoms with Crippen LogP contribution in [0.15, 0.2) is 0 Å². The molecule has 1 unspecified atom stereocenters. The molecule has 0 saturated carbocycles. The van der Waals surface area contributed by atoms with Gasteiger partial charge in [-0.1, -0.05) is 13.3 Å². The fraction of sp³-hybridized carbons (Fsp3) is 0.917. The van der Waals surface area contributed by atoms with E-state index in [1.165, 1.54) is 0 Å². The molecule has 0 fully saturated rings. The highest BCUT2D eigenvalue weighted by Crippen LogP contribution is 2.12. The fourth-order valence-electron chi connectivity index (χ4n) is 1.79. The molecule has 16 heavy (non-hydrogen) atoms. The van der Waals surface area contributed by atoms with Crippen LogP contribution in [0.25, 0.3) is 0 Å². The fourth-order valence-corrected chi connectivity index (χ4v) is 1.79. The molecule has 0 rings (SSSR count). The molecule has 1 amide bonds. The Balaban J connectivity index is 4.44. The Kier molecular flexibility index (Phi) is 8.21. The normalized spacial score (nSPS) is 12.9. The van der Waals surface area contributed by atoms with Gasteiger partial charge in [0.1, 0.15) is 0 Å². The van der Waals surface area contributed by atoms with E-state index in [2.05, 4.69) is 6.92 Å². The van der Waals surface area contributed by atoms with Crippen molar-refractivity contribution in [2.75, 3.05) is 19.7 Å². The quantitative estimate of drug-likeness (QED) is 0.653. The molecule has 0 aliphatic heterocycles. The second-order valence-electron chi connectivity index (χ2n) is 4.42. The van der Waals surface area contributed by atoms with Gasteiger partial charge in [-0.25, -0.2) is 0 Å². The Morgan fingerprint density at radius 2 is 2.06 bits per heavy atom. The molecule has 0 aromatic rings. The Bertz CT molecular complexity index is 195. The summed E-state index contributed by atoms with van der Waals surface area (Å²) in [6, 6.07) is 0.171. The first-order valence-electron chi connectivity index (χ1n) is 6.19. The van der Waals surface area contributed by atoms with Crippen LogP contribution >= 0.6 is 0 Å². The van der Waals surface area contributed by atoms with Crippen LogP contribution in [-0.2, 0) is 4.79 Å². The third kappa shape index (κ3) is 4.94. The topological polar surface area (TPSA) is 66.6 Å². The number of amides is 1. The van der Waals surface area contributed by atoms with Crippen molar-refractivity contribution in [3.63, 3.8) is 0 Å². The summed E-state index contributed by atoms with van der Waals surface area (Å²) < 4.78 is 0. The standard InChI is InChI=1S/C12H26N2O2/c1-4-6-11(9-13)12(16)14(10(2)3)7-5-8-15/h10-11,15H,4-9,13H2,1-3H3. The first-order valence-corrected chi connectivity index (χ1v) is 6.19. The third-order valence-electron chi connectivity index (χ3n) is 2.73. The molecule has 0 aromatic carbocycles. The van der Waals surface area contributed by atoms with E-state index >= 15 is 0 Å². The van der Waals surface area contributed by atoms with Gasteiger partial charge in [0.05, 0.1) is 5.92 Å². The molecule has 3 N–H and O–H groups in total. The lowest BCUT2D eigenvalue weighted by Crippen LogP contribution is -2.43. The van der Waals surface area contributed by atoms with Gasteiger partial charge in [0.2, 0.25) is 5.91 Å². The minimum atomic E-state index is -0.0638. The molecule has 0 aromatic heterocycles. The molecule has 0 spiro atoms. The summed E-state index contributed by atoms with van der Waals surface area (Å²) in [4.78, 5) is 14.0. The zero-order chi connectivity index (χ0) is 12.6. The maximum absolute atomic E-state index is 12.2. The molecular formula is C12H26N2O2. The van der Waals surface area contributed by atoms with E-state index in [0.717, 1.165) is 12.8 Å². The summed E-state index contributed by atoms with van der Waals surface area (Å²) in [7, 11) is 0. The monoisotopic (exact) mass is 230 g/mol. The third-order valence-corrected chi connectivity index (χ3v) is 2.73. The molecule has 0 heterocycles. The molecule has 0 aliphatic rings. The van der Waals surface area contributed by atoms with Crippen LogP contribution in [0.1, 0.15) is 40.0 Å². The summed E-state index contributed by atoms with van der Waals surface area (Å²) in [6.07, 6.45) is 2.45. The smallest absolute Gasteiger partial charge is 0.227 e. The Morgan fingerprint density at radius 3 is 2.44 bits per heavy atom. The predicted octanol–water partition coefficient (Wildman–Crippen LogP) is 0.981. The van der Waals surface area contributed by atoms with Crippen molar-refractivity contribution in [3.8, 4) is 0 Å². The van der Waals surface area contributed by atoms with E-state index in [-0.39, 0.29) is 24.5 Å². The molecule has 0 radical (unpaired) electrons. The predicted molar refractivity (Wildman–Crippen MR) is 66.0 cm³/mol. The summed E-state index contributed by atoms with van der Waals surface area (Å²) in [5.74, 6) is 0.0684. The van der Waals surface area contributed by atoms with Crippen molar-refractivity contribution >= 4 is 5.91 Å². The zero-order valence-corrected chi connectivity index (χ0v) is 10.8. The van der Waals surface area contributed by atoms with Gasteiger partial charge in [-0.05, 0) is 26.7 Å². The summed E-state index contributed by atoms with van der Waals surface area (Å²) in [6.45, 7) is 7.20. The number of hydrogen-bond donors (Lipinski definition) is 2. The molecule has 4 heteroatoms. The minimum absolute atomic E-state index is 0.0638. The van der Waals surface area contributed by atoms with Crippen molar-refractivity contribution in [2.24, 2.45) is 11.7 Å². The van der Waals surface area contributed by atoms with Crippen molar-refractivity contribution in [1.82, 2.24) is 4.90 Å². The molecular weight excluding hydrogens is 204 g/mol. The molecule has 96 valence electrons. The van der Waals surface area contributed by atoms with E-state index in [4.69, 9.17) is 10.8 Å². The van der Waals surface area contributed by atoms with Crippen LogP contribution in [0, 0.1) is 5.92 Å². The van der Waals surface area contributed by atoms with Crippen LogP contribution in [0.3, 0.4) is 0 Å². The van der Waals surface area contributed by atoms with Gasteiger partial charge in [0.25, 0.3) is 0 Å². The maximum Gasteiger partial charge on any atom is 0.227 e. The van der Waals surface area contributed by atoms with E-state index < -0.39 is 0 Å². The maximum atomic E-state index is 12.2. The van der Waals surface area contributed by atoms with Gasteiger partial charge < -0.3 is 15.7 Å². The van der Waals surface area contributed by atoms with Crippen molar-refractivity contribution in [1.29, 1.82) is 0 Å². The van der Waals surface area contributed by atoms with E-state index in [1.807, 2.05) is 18.7 Å². The molecule has 0 aliphatic carbocycles.